The van der Waals surface area contributed by atoms with E-state index in [1.807, 2.05) is 13.8 Å². The molecule has 0 amide bonds. The van der Waals surface area contributed by atoms with E-state index < -0.39 is 0 Å². The van der Waals surface area contributed by atoms with E-state index in [0.29, 0.717) is 22.5 Å². The van der Waals surface area contributed by atoms with E-state index in [1.165, 1.54) is 0 Å². The number of pyridine rings is 1. The summed E-state index contributed by atoms with van der Waals surface area (Å²) in [6, 6.07) is 3.45. The van der Waals surface area contributed by atoms with Crippen LogP contribution in [0, 0.1) is 0 Å². The second-order valence-electron chi connectivity index (χ2n) is 3.91. The molecule has 90 valence electrons. The van der Waals surface area contributed by atoms with Gasteiger partial charge in [0.2, 0.25) is 5.88 Å². The molecule has 0 bridgehead atoms. The van der Waals surface area contributed by atoms with E-state index in [1.54, 1.807) is 29.2 Å². The van der Waals surface area contributed by atoms with Gasteiger partial charge in [0.25, 0.3) is 0 Å². The molecule has 0 aromatic carbocycles. The molecular weight excluding hydrogens is 240 g/mol. The minimum absolute atomic E-state index is 0.282. The van der Waals surface area contributed by atoms with Crippen LogP contribution in [0.2, 0.25) is 5.15 Å². The third-order valence-electron chi connectivity index (χ3n) is 2.12. The number of hydrogen-bond acceptors (Lipinski definition) is 4. The van der Waals surface area contributed by atoms with Crippen molar-refractivity contribution in [3.8, 4) is 11.6 Å². The van der Waals surface area contributed by atoms with Crippen LogP contribution in [0.5, 0.6) is 11.6 Å². The molecule has 0 atom stereocenters. The maximum Gasteiger partial charge on any atom is 0.222 e. The summed E-state index contributed by atoms with van der Waals surface area (Å²) in [6.07, 6.45) is 3.42. The Kier molecular flexibility index (Phi) is 3.19. The quantitative estimate of drug-likeness (QED) is 0.853. The molecule has 17 heavy (non-hydrogen) atoms. The van der Waals surface area contributed by atoms with Crippen LogP contribution in [-0.2, 0) is 0 Å². The normalized spacial score (nSPS) is 10.8. The molecule has 2 rings (SSSR count). The van der Waals surface area contributed by atoms with Gasteiger partial charge in [-0.2, -0.15) is 5.10 Å². The molecule has 6 heteroatoms. The number of nitrogens with two attached hydrogens (primary N) is 1. The van der Waals surface area contributed by atoms with Crippen LogP contribution in [-0.4, -0.2) is 14.8 Å². The molecule has 2 N–H and O–H groups in total. The lowest BCUT2D eigenvalue weighted by atomic mass is 10.4. The van der Waals surface area contributed by atoms with Crippen molar-refractivity contribution >= 4 is 17.3 Å². The highest BCUT2D eigenvalue weighted by atomic mass is 35.5. The van der Waals surface area contributed by atoms with E-state index in [-0.39, 0.29) is 6.04 Å². The summed E-state index contributed by atoms with van der Waals surface area (Å²) in [6.45, 7) is 4.07. The lowest BCUT2D eigenvalue weighted by Crippen LogP contribution is -1.99. The van der Waals surface area contributed by atoms with Gasteiger partial charge in [0, 0.05) is 17.8 Å². The largest absolute Gasteiger partial charge is 0.436 e. The summed E-state index contributed by atoms with van der Waals surface area (Å²) in [7, 11) is 0. The first kappa shape index (κ1) is 11.7. The standard InChI is InChI=1S/C11H13ClN4O/c1-7(2)16-6-9(5-14-16)17-11-4-8(13)3-10(12)15-11/h3-7H,1-2H3,(H2,13,15). The number of ether oxygens (including phenoxy) is 1. The lowest BCUT2D eigenvalue weighted by Gasteiger charge is -2.04. The highest BCUT2D eigenvalue weighted by molar-refractivity contribution is 6.29. The molecule has 0 aliphatic heterocycles. The maximum absolute atomic E-state index is 5.78. The van der Waals surface area contributed by atoms with Gasteiger partial charge in [0.1, 0.15) is 5.15 Å². The monoisotopic (exact) mass is 252 g/mol. The van der Waals surface area contributed by atoms with Gasteiger partial charge >= 0.3 is 0 Å². The Bertz CT molecular complexity index is 504. The van der Waals surface area contributed by atoms with Crippen LogP contribution in [0.15, 0.2) is 24.5 Å². The van der Waals surface area contributed by atoms with Gasteiger partial charge in [-0.3, -0.25) is 4.68 Å². The molecule has 2 aromatic heterocycles. The third-order valence-corrected chi connectivity index (χ3v) is 2.32. The predicted octanol–water partition coefficient (Wildman–Crippen LogP) is 2.89. The van der Waals surface area contributed by atoms with Crippen molar-refractivity contribution in [2.45, 2.75) is 19.9 Å². The Morgan fingerprint density at radius 2 is 2.18 bits per heavy atom. The first-order valence-electron chi connectivity index (χ1n) is 5.19. The Morgan fingerprint density at radius 3 is 2.76 bits per heavy atom. The third kappa shape index (κ3) is 2.88. The zero-order chi connectivity index (χ0) is 12.4. The molecular formula is C11H13ClN4O. The molecule has 0 saturated carbocycles. The van der Waals surface area contributed by atoms with E-state index in [0.717, 1.165) is 0 Å². The topological polar surface area (TPSA) is 66.0 Å². The van der Waals surface area contributed by atoms with Gasteiger partial charge in [-0.1, -0.05) is 11.6 Å². The molecule has 0 fully saturated rings. The molecule has 0 aliphatic rings. The second kappa shape index (κ2) is 4.63. The highest BCUT2D eigenvalue weighted by Crippen LogP contribution is 2.23. The van der Waals surface area contributed by atoms with Crippen LogP contribution in [0.25, 0.3) is 0 Å². The average molecular weight is 253 g/mol. The number of hydrogen-bond donors (Lipinski definition) is 1. The van der Waals surface area contributed by atoms with Crippen LogP contribution in [0.3, 0.4) is 0 Å². The number of halogens is 1. The summed E-state index contributed by atoms with van der Waals surface area (Å²) in [5, 5.41) is 4.46. The van der Waals surface area contributed by atoms with Gasteiger partial charge in [0.15, 0.2) is 5.75 Å². The minimum atomic E-state index is 0.282. The zero-order valence-electron chi connectivity index (χ0n) is 9.59. The van der Waals surface area contributed by atoms with Crippen LogP contribution in [0.1, 0.15) is 19.9 Å². The number of anilines is 1. The number of aromatic nitrogens is 3. The Morgan fingerprint density at radius 1 is 1.41 bits per heavy atom. The van der Waals surface area contributed by atoms with Gasteiger partial charge in [-0.05, 0) is 19.9 Å². The van der Waals surface area contributed by atoms with Gasteiger partial charge in [0.05, 0.1) is 12.4 Å². The lowest BCUT2D eigenvalue weighted by molar-refractivity contribution is 0.459. The second-order valence-corrected chi connectivity index (χ2v) is 4.30. The summed E-state index contributed by atoms with van der Waals surface area (Å²) in [5.74, 6) is 0.964. The van der Waals surface area contributed by atoms with Crippen molar-refractivity contribution in [3.05, 3.63) is 29.7 Å². The van der Waals surface area contributed by atoms with Gasteiger partial charge < -0.3 is 10.5 Å². The summed E-state index contributed by atoms with van der Waals surface area (Å²) < 4.78 is 7.31. The van der Waals surface area contributed by atoms with Gasteiger partial charge in [-0.15, -0.1) is 0 Å². The zero-order valence-corrected chi connectivity index (χ0v) is 10.3. The van der Waals surface area contributed by atoms with Crippen molar-refractivity contribution in [1.29, 1.82) is 0 Å². The Hall–Kier alpha value is -1.75. The smallest absolute Gasteiger partial charge is 0.222 e. The molecule has 0 aliphatic carbocycles. The fourth-order valence-electron chi connectivity index (χ4n) is 1.32. The van der Waals surface area contributed by atoms with Crippen molar-refractivity contribution in [2.75, 3.05) is 5.73 Å². The van der Waals surface area contributed by atoms with Crippen LogP contribution in [0.4, 0.5) is 5.69 Å². The fourth-order valence-corrected chi connectivity index (χ4v) is 1.53. The first-order valence-corrected chi connectivity index (χ1v) is 5.57. The molecule has 2 aromatic rings. The molecule has 0 spiro atoms. The Labute approximate surface area is 104 Å². The van der Waals surface area contributed by atoms with E-state index in [4.69, 9.17) is 22.1 Å². The molecule has 0 saturated heterocycles. The molecule has 0 radical (unpaired) electrons. The SMILES string of the molecule is CC(C)n1cc(Oc2cc(N)cc(Cl)n2)cn1. The summed E-state index contributed by atoms with van der Waals surface area (Å²) in [4.78, 5) is 4.01. The van der Waals surface area contributed by atoms with Crippen molar-refractivity contribution in [1.82, 2.24) is 14.8 Å². The number of nitrogens with zero attached hydrogens (tertiary/aromatic N) is 3. The molecule has 0 unspecified atom stereocenters. The van der Waals surface area contributed by atoms with Crippen molar-refractivity contribution < 1.29 is 4.74 Å². The Balaban J connectivity index is 2.19. The molecule has 5 nitrogen and oxygen atoms in total. The maximum atomic E-state index is 5.78. The number of rotatable bonds is 3. The summed E-state index contributed by atoms with van der Waals surface area (Å²) in [5.41, 5.74) is 6.15. The first-order chi connectivity index (χ1) is 8.04. The van der Waals surface area contributed by atoms with Crippen molar-refractivity contribution in [3.63, 3.8) is 0 Å². The minimum Gasteiger partial charge on any atom is -0.436 e. The van der Waals surface area contributed by atoms with E-state index in [2.05, 4.69) is 10.1 Å². The highest BCUT2D eigenvalue weighted by Gasteiger charge is 2.06. The van der Waals surface area contributed by atoms with Crippen LogP contribution >= 0.6 is 11.6 Å². The fraction of sp³-hybridized carbons (Fsp3) is 0.273. The number of nitrogen functional groups attached to an aromatic ring is 1. The predicted molar refractivity (Wildman–Crippen MR) is 66.3 cm³/mol. The van der Waals surface area contributed by atoms with Gasteiger partial charge in [-0.25, -0.2) is 4.98 Å². The van der Waals surface area contributed by atoms with Crippen LogP contribution < -0.4 is 10.5 Å². The summed E-state index contributed by atoms with van der Waals surface area (Å²) >= 11 is 5.78. The molecule has 2 heterocycles. The van der Waals surface area contributed by atoms with Crippen molar-refractivity contribution in [2.24, 2.45) is 0 Å². The average Bonchev–Trinajstić information content (AvgIpc) is 2.64. The van der Waals surface area contributed by atoms with E-state index in [9.17, 15) is 0 Å². The van der Waals surface area contributed by atoms with E-state index >= 15 is 0 Å².